The van der Waals surface area contributed by atoms with Gasteiger partial charge in [0.2, 0.25) is 0 Å². The van der Waals surface area contributed by atoms with E-state index in [1.54, 1.807) is 6.07 Å². The molecule has 1 heterocycles. The number of hydrogen-bond donors (Lipinski definition) is 0. The smallest absolute Gasteiger partial charge is 0.258 e. The van der Waals surface area contributed by atoms with Crippen LogP contribution in [0.2, 0.25) is 0 Å². The molecule has 0 amide bonds. The topological polar surface area (TPSA) is 43.1 Å². The summed E-state index contributed by atoms with van der Waals surface area (Å²) in [6.07, 6.45) is 0. The van der Waals surface area contributed by atoms with Gasteiger partial charge in [0.1, 0.15) is 10.5 Å². The highest BCUT2D eigenvalue weighted by atomic mass is 127. The fourth-order valence-electron chi connectivity index (χ4n) is 1.19. The Morgan fingerprint density at radius 2 is 2.21 bits per heavy atom. The van der Waals surface area contributed by atoms with Crippen LogP contribution in [0.15, 0.2) is 18.2 Å². The molecular weight excluding hydrogens is 320 g/mol. The molecule has 0 N–H and O–H groups in total. The molecule has 0 spiro atoms. The maximum absolute atomic E-state index is 13.2. The summed E-state index contributed by atoms with van der Waals surface area (Å²) in [7, 11) is 0. The molecule has 0 saturated carbocycles. The van der Waals surface area contributed by atoms with Crippen molar-refractivity contribution in [2.24, 2.45) is 0 Å². The van der Waals surface area contributed by atoms with Crippen molar-refractivity contribution in [3.8, 4) is 0 Å². The average Bonchev–Trinajstić information content (AvgIpc) is 2.47. The molecule has 0 aliphatic carbocycles. The van der Waals surface area contributed by atoms with Crippen molar-refractivity contribution in [1.82, 2.24) is 0 Å². The zero-order valence-electron chi connectivity index (χ0n) is 6.66. The van der Waals surface area contributed by atoms with E-state index in [1.807, 2.05) is 22.6 Å². The summed E-state index contributed by atoms with van der Waals surface area (Å²) >= 11 is 3.25. The molecule has 14 heavy (non-hydrogen) atoms. The Kier molecular flexibility index (Phi) is 2.40. The Labute approximate surface area is 95.8 Å². The van der Waals surface area contributed by atoms with E-state index < -0.39 is 10.7 Å². The number of nitrogens with zero attached hydrogens (tertiary/aromatic N) is 1. The van der Waals surface area contributed by atoms with Crippen molar-refractivity contribution in [1.29, 1.82) is 0 Å². The maximum Gasteiger partial charge on any atom is 0.287 e. The summed E-state index contributed by atoms with van der Waals surface area (Å²) in [5, 5.41) is 11.0. The van der Waals surface area contributed by atoms with Crippen LogP contribution in [0.4, 0.5) is 10.1 Å². The summed E-state index contributed by atoms with van der Waals surface area (Å²) in [6.45, 7) is 0. The summed E-state index contributed by atoms with van der Waals surface area (Å²) in [6, 6.07) is 3.94. The predicted molar refractivity (Wildman–Crippen MR) is 61.2 cm³/mol. The van der Waals surface area contributed by atoms with Gasteiger partial charge in [0, 0.05) is 11.5 Å². The van der Waals surface area contributed by atoms with Gasteiger partial charge in [-0.1, -0.05) is 0 Å². The molecule has 2 aromatic rings. The number of benzene rings is 1. The third-order valence-electron chi connectivity index (χ3n) is 1.78. The van der Waals surface area contributed by atoms with E-state index in [9.17, 15) is 14.5 Å². The minimum atomic E-state index is -0.492. The fourth-order valence-corrected chi connectivity index (χ4v) is 3.05. The van der Waals surface area contributed by atoms with Gasteiger partial charge in [-0.15, -0.1) is 11.3 Å². The summed E-state index contributed by atoms with van der Waals surface area (Å²) < 4.78 is 14.5. The van der Waals surface area contributed by atoms with E-state index in [1.165, 1.54) is 17.4 Å². The molecule has 0 saturated heterocycles. The van der Waals surface area contributed by atoms with Crippen LogP contribution in [-0.4, -0.2) is 4.92 Å². The van der Waals surface area contributed by atoms with Crippen LogP contribution >= 0.6 is 33.9 Å². The van der Waals surface area contributed by atoms with Crippen LogP contribution in [0, 0.1) is 18.8 Å². The van der Waals surface area contributed by atoms with Crippen molar-refractivity contribution in [2.45, 2.75) is 0 Å². The Morgan fingerprint density at radius 1 is 1.50 bits per heavy atom. The number of halogens is 2. The number of rotatable bonds is 1. The molecule has 1 aromatic heterocycles. The van der Waals surface area contributed by atoms with E-state index >= 15 is 0 Å². The second-order valence-corrected chi connectivity index (χ2v) is 5.56. The van der Waals surface area contributed by atoms with Crippen LogP contribution in [0.25, 0.3) is 10.1 Å². The summed E-state index contributed by atoms with van der Waals surface area (Å²) in [5.41, 5.74) is -0.0330. The lowest BCUT2D eigenvalue weighted by molar-refractivity contribution is -0.382. The summed E-state index contributed by atoms with van der Waals surface area (Å²) in [5.74, 6) is -0.412. The molecule has 0 fully saturated rings. The third kappa shape index (κ3) is 1.48. The van der Waals surface area contributed by atoms with Crippen molar-refractivity contribution in [3.05, 3.63) is 37.0 Å². The highest BCUT2D eigenvalue weighted by Gasteiger charge is 2.16. The molecule has 0 aliphatic heterocycles. The maximum atomic E-state index is 13.2. The first-order valence-electron chi connectivity index (χ1n) is 3.61. The fraction of sp³-hybridized carbons (Fsp3) is 0. The zero-order chi connectivity index (χ0) is 10.3. The molecular formula is C8H3FINO2S. The first-order valence-corrected chi connectivity index (χ1v) is 5.51. The van der Waals surface area contributed by atoms with Gasteiger partial charge in [0.25, 0.3) is 5.69 Å². The van der Waals surface area contributed by atoms with Crippen LogP contribution in [0.1, 0.15) is 0 Å². The Morgan fingerprint density at radius 3 is 2.86 bits per heavy atom. The van der Waals surface area contributed by atoms with Crippen LogP contribution in [-0.2, 0) is 0 Å². The number of non-ortho nitro benzene ring substituents is 1. The first kappa shape index (κ1) is 9.78. The normalized spacial score (nSPS) is 10.7. The zero-order valence-corrected chi connectivity index (χ0v) is 9.63. The standard InChI is InChI=1S/C8H3FINO2S/c9-5-1-2-6(11(12)13)8-4(5)3-7(10)14-8/h1-3H. The van der Waals surface area contributed by atoms with Gasteiger partial charge in [-0.3, -0.25) is 10.1 Å². The summed E-state index contributed by atoms with van der Waals surface area (Å²) in [4.78, 5) is 10.1. The SMILES string of the molecule is O=[N+]([O-])c1ccc(F)c2cc(I)sc12. The minimum Gasteiger partial charge on any atom is -0.258 e. The van der Waals surface area contributed by atoms with Crippen LogP contribution < -0.4 is 0 Å². The second kappa shape index (κ2) is 3.43. The van der Waals surface area contributed by atoms with Gasteiger partial charge in [-0.25, -0.2) is 4.39 Å². The van der Waals surface area contributed by atoms with Crippen LogP contribution in [0.3, 0.4) is 0 Å². The molecule has 0 radical (unpaired) electrons. The molecule has 72 valence electrons. The number of nitro groups is 1. The van der Waals surface area contributed by atoms with Crippen LogP contribution in [0.5, 0.6) is 0 Å². The van der Waals surface area contributed by atoms with E-state index in [0.29, 0.717) is 10.1 Å². The molecule has 0 aliphatic rings. The third-order valence-corrected chi connectivity index (χ3v) is 3.69. The molecule has 0 unspecified atom stereocenters. The largest absolute Gasteiger partial charge is 0.287 e. The lowest BCUT2D eigenvalue weighted by atomic mass is 10.2. The Balaban J connectivity index is 2.87. The minimum absolute atomic E-state index is 0.0330. The van der Waals surface area contributed by atoms with Gasteiger partial charge in [-0.2, -0.15) is 0 Å². The van der Waals surface area contributed by atoms with Crippen molar-refractivity contribution in [3.63, 3.8) is 0 Å². The van der Waals surface area contributed by atoms with E-state index in [0.717, 1.165) is 8.95 Å². The monoisotopic (exact) mass is 323 g/mol. The Bertz CT molecular complexity index is 525. The molecule has 2 rings (SSSR count). The first-order chi connectivity index (χ1) is 6.59. The highest BCUT2D eigenvalue weighted by molar-refractivity contribution is 14.1. The van der Waals surface area contributed by atoms with Gasteiger partial charge in [0.05, 0.1) is 7.81 Å². The van der Waals surface area contributed by atoms with Crippen molar-refractivity contribution >= 4 is 49.7 Å². The van der Waals surface area contributed by atoms with E-state index in [-0.39, 0.29) is 5.69 Å². The van der Waals surface area contributed by atoms with Crippen molar-refractivity contribution in [2.75, 3.05) is 0 Å². The number of hydrogen-bond acceptors (Lipinski definition) is 3. The number of fused-ring (bicyclic) bond motifs is 1. The molecule has 1 aromatic carbocycles. The highest BCUT2D eigenvalue weighted by Crippen LogP contribution is 2.35. The Hall–Kier alpha value is -0.760. The number of nitro benzene ring substituents is 1. The molecule has 6 heteroatoms. The number of thiophene rings is 1. The van der Waals surface area contributed by atoms with Gasteiger partial charge in [-0.05, 0) is 34.7 Å². The average molecular weight is 323 g/mol. The van der Waals surface area contributed by atoms with E-state index in [4.69, 9.17) is 0 Å². The lowest BCUT2D eigenvalue weighted by Crippen LogP contribution is -1.88. The van der Waals surface area contributed by atoms with Gasteiger partial charge in [0.15, 0.2) is 0 Å². The molecule has 0 bridgehead atoms. The van der Waals surface area contributed by atoms with Gasteiger partial charge < -0.3 is 0 Å². The van der Waals surface area contributed by atoms with Crippen molar-refractivity contribution < 1.29 is 9.31 Å². The quantitative estimate of drug-likeness (QED) is 0.458. The lowest BCUT2D eigenvalue weighted by Gasteiger charge is -1.93. The second-order valence-electron chi connectivity index (χ2n) is 2.62. The molecule has 0 atom stereocenters. The van der Waals surface area contributed by atoms with E-state index in [2.05, 4.69) is 0 Å². The molecule has 3 nitrogen and oxygen atoms in total. The predicted octanol–water partition coefficient (Wildman–Crippen LogP) is 3.55. The van der Waals surface area contributed by atoms with Gasteiger partial charge >= 0.3 is 0 Å².